The van der Waals surface area contributed by atoms with Crippen LogP contribution in [0.1, 0.15) is 22.3 Å². The minimum atomic E-state index is -1.50. The molecule has 2 rings (SSSR count). The zero-order valence-electron chi connectivity index (χ0n) is 10.5. The van der Waals surface area contributed by atoms with Gasteiger partial charge in [0.05, 0.1) is 0 Å². The maximum absolute atomic E-state index is 12.0. The van der Waals surface area contributed by atoms with Crippen molar-refractivity contribution in [3.63, 3.8) is 0 Å². The van der Waals surface area contributed by atoms with Crippen molar-refractivity contribution in [1.82, 2.24) is 0 Å². The van der Waals surface area contributed by atoms with Crippen LogP contribution in [0.2, 0.25) is 0 Å². The maximum Gasteiger partial charge on any atom is 0.488 e. The van der Waals surface area contributed by atoms with E-state index in [4.69, 9.17) is 0 Å². The molecule has 2 aromatic carbocycles. The summed E-state index contributed by atoms with van der Waals surface area (Å²) in [6, 6.07) is 16.2. The van der Waals surface area contributed by atoms with Crippen LogP contribution < -0.4 is 5.46 Å². The Labute approximate surface area is 112 Å². The third-order valence-corrected chi connectivity index (χ3v) is 3.05. The SMILES string of the molecule is O=C(CCc1ccccc1B(O)O)c1ccccc1. The monoisotopic (exact) mass is 254 g/mol. The molecule has 96 valence electrons. The predicted octanol–water partition coefficient (Wildman–Crippen LogP) is 1.18. The molecular formula is C15H15BO3. The molecule has 0 aliphatic carbocycles. The second-order valence-corrected chi connectivity index (χ2v) is 4.36. The number of carbonyl (C=O) groups excluding carboxylic acids is 1. The molecule has 0 fully saturated rings. The molecule has 0 unspecified atom stereocenters. The van der Waals surface area contributed by atoms with Gasteiger partial charge in [-0.2, -0.15) is 0 Å². The summed E-state index contributed by atoms with van der Waals surface area (Å²) in [6.07, 6.45) is 0.856. The summed E-state index contributed by atoms with van der Waals surface area (Å²) < 4.78 is 0. The largest absolute Gasteiger partial charge is 0.488 e. The molecule has 0 saturated carbocycles. The average Bonchev–Trinajstić information content (AvgIpc) is 2.46. The van der Waals surface area contributed by atoms with Crippen molar-refractivity contribution in [3.05, 3.63) is 65.7 Å². The minimum absolute atomic E-state index is 0.0582. The van der Waals surface area contributed by atoms with E-state index in [1.54, 1.807) is 24.3 Å². The molecular weight excluding hydrogens is 239 g/mol. The molecule has 0 heterocycles. The molecule has 4 heteroatoms. The molecule has 0 atom stereocenters. The topological polar surface area (TPSA) is 57.5 Å². The first-order valence-electron chi connectivity index (χ1n) is 6.20. The van der Waals surface area contributed by atoms with Gasteiger partial charge in [0.2, 0.25) is 0 Å². The normalized spacial score (nSPS) is 10.2. The van der Waals surface area contributed by atoms with Crippen LogP contribution in [0.25, 0.3) is 0 Å². The second-order valence-electron chi connectivity index (χ2n) is 4.36. The van der Waals surface area contributed by atoms with E-state index in [9.17, 15) is 14.8 Å². The van der Waals surface area contributed by atoms with E-state index < -0.39 is 7.12 Å². The molecule has 0 radical (unpaired) electrons. The minimum Gasteiger partial charge on any atom is -0.423 e. The summed E-state index contributed by atoms with van der Waals surface area (Å²) in [5, 5.41) is 18.5. The number of hydrogen-bond acceptors (Lipinski definition) is 3. The number of rotatable bonds is 5. The Balaban J connectivity index is 2.05. The Morgan fingerprint density at radius 2 is 1.58 bits per heavy atom. The lowest BCUT2D eigenvalue weighted by atomic mass is 9.76. The molecule has 0 aliphatic heterocycles. The average molecular weight is 254 g/mol. The van der Waals surface area contributed by atoms with Gasteiger partial charge in [-0.3, -0.25) is 4.79 Å². The van der Waals surface area contributed by atoms with Gasteiger partial charge in [0.1, 0.15) is 0 Å². The summed E-state index contributed by atoms with van der Waals surface area (Å²) in [4.78, 5) is 12.0. The number of benzene rings is 2. The van der Waals surface area contributed by atoms with Gasteiger partial charge in [-0.05, 0) is 17.4 Å². The van der Waals surface area contributed by atoms with Crippen LogP contribution in [0.3, 0.4) is 0 Å². The molecule has 0 saturated heterocycles. The van der Waals surface area contributed by atoms with Crippen molar-refractivity contribution >= 4 is 18.4 Å². The van der Waals surface area contributed by atoms with Gasteiger partial charge in [0.25, 0.3) is 0 Å². The Morgan fingerprint density at radius 1 is 0.947 bits per heavy atom. The summed E-state index contributed by atoms with van der Waals surface area (Å²) in [6.45, 7) is 0. The summed E-state index contributed by atoms with van der Waals surface area (Å²) in [7, 11) is -1.50. The van der Waals surface area contributed by atoms with Gasteiger partial charge >= 0.3 is 7.12 Å². The molecule has 2 N–H and O–H groups in total. The molecule has 0 amide bonds. The summed E-state index contributed by atoms with van der Waals surface area (Å²) >= 11 is 0. The number of carbonyl (C=O) groups is 1. The lowest BCUT2D eigenvalue weighted by Gasteiger charge is -2.08. The van der Waals surface area contributed by atoms with E-state index in [1.165, 1.54) is 0 Å². The fourth-order valence-electron chi connectivity index (χ4n) is 2.03. The number of Topliss-reactive ketones (excluding diaryl/α,β-unsaturated/α-hetero) is 1. The Kier molecular flexibility index (Phi) is 4.50. The van der Waals surface area contributed by atoms with E-state index in [1.807, 2.05) is 30.3 Å². The number of hydrogen-bond donors (Lipinski definition) is 2. The van der Waals surface area contributed by atoms with Gasteiger partial charge in [-0.25, -0.2) is 0 Å². The molecule has 2 aromatic rings. The zero-order valence-corrected chi connectivity index (χ0v) is 10.5. The van der Waals surface area contributed by atoms with E-state index in [-0.39, 0.29) is 5.78 Å². The molecule has 0 aliphatic rings. The van der Waals surface area contributed by atoms with Crippen molar-refractivity contribution in [2.24, 2.45) is 0 Å². The van der Waals surface area contributed by atoms with Crippen LogP contribution in [0.4, 0.5) is 0 Å². The Hall–Kier alpha value is -1.91. The molecule has 0 spiro atoms. The lowest BCUT2D eigenvalue weighted by molar-refractivity contribution is 0.0983. The Morgan fingerprint density at radius 3 is 2.26 bits per heavy atom. The molecule has 3 nitrogen and oxygen atoms in total. The zero-order chi connectivity index (χ0) is 13.7. The Bertz CT molecular complexity index is 552. The highest BCUT2D eigenvalue weighted by atomic mass is 16.4. The van der Waals surface area contributed by atoms with Crippen molar-refractivity contribution in [3.8, 4) is 0 Å². The third kappa shape index (κ3) is 3.53. The highest BCUT2D eigenvalue weighted by molar-refractivity contribution is 6.59. The lowest BCUT2D eigenvalue weighted by Crippen LogP contribution is -2.33. The van der Waals surface area contributed by atoms with Crippen LogP contribution >= 0.6 is 0 Å². The van der Waals surface area contributed by atoms with E-state index in [0.717, 1.165) is 5.56 Å². The van der Waals surface area contributed by atoms with Crippen LogP contribution in [0.15, 0.2) is 54.6 Å². The van der Waals surface area contributed by atoms with Crippen LogP contribution in [0.5, 0.6) is 0 Å². The number of ketones is 1. The van der Waals surface area contributed by atoms with Gasteiger partial charge in [-0.15, -0.1) is 0 Å². The molecule has 0 bridgehead atoms. The van der Waals surface area contributed by atoms with E-state index in [2.05, 4.69) is 0 Å². The maximum atomic E-state index is 12.0. The van der Waals surface area contributed by atoms with Crippen molar-refractivity contribution in [1.29, 1.82) is 0 Å². The molecule has 0 aromatic heterocycles. The predicted molar refractivity (Wildman–Crippen MR) is 75.4 cm³/mol. The van der Waals surface area contributed by atoms with Gasteiger partial charge in [0.15, 0.2) is 5.78 Å². The summed E-state index contributed by atoms with van der Waals surface area (Å²) in [5.74, 6) is 0.0582. The van der Waals surface area contributed by atoms with E-state index in [0.29, 0.717) is 23.9 Å². The first kappa shape index (κ1) is 13.5. The van der Waals surface area contributed by atoms with Crippen LogP contribution in [-0.4, -0.2) is 22.9 Å². The highest BCUT2D eigenvalue weighted by Gasteiger charge is 2.15. The fraction of sp³-hybridized carbons (Fsp3) is 0.133. The summed E-state index contributed by atoms with van der Waals surface area (Å²) in [5.41, 5.74) is 1.94. The van der Waals surface area contributed by atoms with Gasteiger partial charge in [-0.1, -0.05) is 54.6 Å². The fourth-order valence-corrected chi connectivity index (χ4v) is 2.03. The number of aryl methyl sites for hydroxylation is 1. The van der Waals surface area contributed by atoms with E-state index >= 15 is 0 Å². The van der Waals surface area contributed by atoms with Crippen molar-refractivity contribution < 1.29 is 14.8 Å². The third-order valence-electron chi connectivity index (χ3n) is 3.05. The van der Waals surface area contributed by atoms with Crippen molar-refractivity contribution in [2.75, 3.05) is 0 Å². The van der Waals surface area contributed by atoms with Crippen LogP contribution in [0, 0.1) is 0 Å². The quantitative estimate of drug-likeness (QED) is 0.622. The first-order chi connectivity index (χ1) is 9.18. The van der Waals surface area contributed by atoms with Gasteiger partial charge in [0, 0.05) is 12.0 Å². The highest BCUT2D eigenvalue weighted by Crippen LogP contribution is 2.07. The van der Waals surface area contributed by atoms with Crippen LogP contribution in [-0.2, 0) is 6.42 Å². The molecule has 19 heavy (non-hydrogen) atoms. The smallest absolute Gasteiger partial charge is 0.423 e. The van der Waals surface area contributed by atoms with Crippen molar-refractivity contribution in [2.45, 2.75) is 12.8 Å². The second kappa shape index (κ2) is 6.32. The first-order valence-corrected chi connectivity index (χ1v) is 6.20. The standard InChI is InChI=1S/C15H15BO3/c17-15(13-7-2-1-3-8-13)11-10-12-6-4-5-9-14(12)16(18)19/h1-9,18-19H,10-11H2. The van der Waals surface area contributed by atoms with Gasteiger partial charge < -0.3 is 10.0 Å².